The average molecular weight is 382 g/mol. The second-order valence-electron chi connectivity index (χ2n) is 7.27. The zero-order chi connectivity index (χ0) is 19.3. The normalized spacial score (nSPS) is 16.1. The molecule has 1 saturated carbocycles. The molecule has 1 aliphatic heterocycles. The number of fused-ring (bicyclic) bond motifs is 2. The zero-order valence-electron chi connectivity index (χ0n) is 15.0. The van der Waals surface area contributed by atoms with Gasteiger partial charge < -0.3 is 24.9 Å². The molecular formula is C21H22N2O5. The van der Waals surface area contributed by atoms with Crippen LogP contribution in [0.15, 0.2) is 42.5 Å². The minimum absolute atomic E-state index is 0. The number of carboxylic acids is 1. The van der Waals surface area contributed by atoms with Gasteiger partial charge in [0.2, 0.25) is 12.7 Å². The second-order valence-corrected chi connectivity index (χ2v) is 7.27. The SMILES string of the molecule is O=C(O)Cc1cc2cc(NC(=O)C3(c4ccc5c(c4)OCO5)CC3)ccc2[nH]1.[HH].[HH]. The summed E-state index contributed by atoms with van der Waals surface area (Å²) in [6, 6.07) is 13.0. The summed E-state index contributed by atoms with van der Waals surface area (Å²) in [6.45, 7) is 0.207. The topological polar surface area (TPSA) is 101 Å². The highest BCUT2D eigenvalue weighted by Crippen LogP contribution is 2.51. The van der Waals surface area contributed by atoms with E-state index in [2.05, 4.69) is 10.3 Å². The van der Waals surface area contributed by atoms with Gasteiger partial charge in [-0.05, 0) is 54.8 Å². The number of nitrogens with one attached hydrogen (secondary N) is 2. The zero-order valence-corrected chi connectivity index (χ0v) is 15.0. The molecule has 1 aliphatic carbocycles. The first-order chi connectivity index (χ1) is 13.5. The number of hydrogen-bond donors (Lipinski definition) is 3. The number of aliphatic carboxylic acids is 1. The molecule has 3 N–H and O–H groups in total. The molecule has 0 unspecified atom stereocenters. The molecular weight excluding hydrogens is 360 g/mol. The first kappa shape index (κ1) is 16.7. The van der Waals surface area contributed by atoms with Crippen LogP contribution in [0.1, 0.15) is 27.0 Å². The van der Waals surface area contributed by atoms with Crippen LogP contribution in [0.5, 0.6) is 11.5 Å². The summed E-state index contributed by atoms with van der Waals surface area (Å²) in [7, 11) is 0. The molecule has 2 aliphatic rings. The lowest BCUT2D eigenvalue weighted by atomic mass is 9.94. The molecule has 1 amide bonds. The van der Waals surface area contributed by atoms with E-state index in [9.17, 15) is 9.59 Å². The number of hydrogen-bond acceptors (Lipinski definition) is 4. The van der Waals surface area contributed by atoms with Crippen LogP contribution in [-0.2, 0) is 21.4 Å². The minimum Gasteiger partial charge on any atom is -0.481 e. The van der Waals surface area contributed by atoms with Crippen molar-refractivity contribution in [3.8, 4) is 11.5 Å². The Kier molecular flexibility index (Phi) is 3.58. The Morgan fingerprint density at radius 1 is 1.11 bits per heavy atom. The van der Waals surface area contributed by atoms with E-state index in [1.165, 1.54) is 0 Å². The fourth-order valence-corrected chi connectivity index (χ4v) is 3.75. The number of aromatic amines is 1. The van der Waals surface area contributed by atoms with Crippen molar-refractivity contribution < 1.29 is 27.0 Å². The lowest BCUT2D eigenvalue weighted by Gasteiger charge is -2.16. The summed E-state index contributed by atoms with van der Waals surface area (Å²) >= 11 is 0. The maximum Gasteiger partial charge on any atom is 0.309 e. The van der Waals surface area contributed by atoms with Crippen LogP contribution in [0.2, 0.25) is 0 Å². The minimum atomic E-state index is -0.889. The van der Waals surface area contributed by atoms with Gasteiger partial charge in [0, 0.05) is 25.1 Å². The van der Waals surface area contributed by atoms with Crippen LogP contribution >= 0.6 is 0 Å². The molecule has 5 rings (SSSR count). The second kappa shape index (κ2) is 6.02. The maximum absolute atomic E-state index is 13.0. The summed E-state index contributed by atoms with van der Waals surface area (Å²) in [4.78, 5) is 27.0. The smallest absolute Gasteiger partial charge is 0.309 e. The lowest BCUT2D eigenvalue weighted by molar-refractivity contribution is -0.136. The monoisotopic (exact) mass is 382 g/mol. The first-order valence-electron chi connectivity index (χ1n) is 9.09. The highest BCUT2D eigenvalue weighted by Gasteiger charge is 2.51. The molecule has 0 atom stereocenters. The number of amides is 1. The molecule has 1 fully saturated rings. The van der Waals surface area contributed by atoms with Gasteiger partial charge in [-0.2, -0.15) is 0 Å². The van der Waals surface area contributed by atoms with Crippen molar-refractivity contribution in [3.63, 3.8) is 0 Å². The Morgan fingerprint density at radius 2 is 1.93 bits per heavy atom. The lowest BCUT2D eigenvalue weighted by Crippen LogP contribution is -2.27. The molecule has 0 radical (unpaired) electrons. The van der Waals surface area contributed by atoms with Crippen LogP contribution in [0.4, 0.5) is 5.69 Å². The van der Waals surface area contributed by atoms with Crippen LogP contribution in [0.25, 0.3) is 10.9 Å². The molecule has 7 heteroatoms. The van der Waals surface area contributed by atoms with Gasteiger partial charge in [-0.1, -0.05) is 6.07 Å². The van der Waals surface area contributed by atoms with Gasteiger partial charge >= 0.3 is 5.97 Å². The van der Waals surface area contributed by atoms with Crippen LogP contribution in [0.3, 0.4) is 0 Å². The van der Waals surface area contributed by atoms with E-state index in [1.807, 2.05) is 36.4 Å². The van der Waals surface area contributed by atoms with E-state index in [0.717, 1.165) is 29.3 Å². The fraction of sp³-hybridized carbons (Fsp3) is 0.238. The average Bonchev–Trinajstić information content (AvgIpc) is 3.18. The van der Waals surface area contributed by atoms with E-state index in [4.69, 9.17) is 14.6 Å². The number of aromatic nitrogens is 1. The van der Waals surface area contributed by atoms with E-state index in [1.54, 1.807) is 6.07 Å². The molecule has 1 aromatic heterocycles. The van der Waals surface area contributed by atoms with Crippen molar-refractivity contribution in [1.82, 2.24) is 4.98 Å². The molecule has 0 saturated heterocycles. The van der Waals surface area contributed by atoms with Crippen molar-refractivity contribution >= 4 is 28.5 Å². The summed E-state index contributed by atoms with van der Waals surface area (Å²) in [5, 5.41) is 12.8. The van der Waals surface area contributed by atoms with Crippen LogP contribution in [0, 0.1) is 0 Å². The Bertz CT molecular complexity index is 1120. The highest BCUT2D eigenvalue weighted by molar-refractivity contribution is 6.02. The molecule has 0 bridgehead atoms. The Balaban J connectivity index is 0.00000128. The third-order valence-electron chi connectivity index (χ3n) is 5.39. The first-order valence-corrected chi connectivity index (χ1v) is 9.09. The van der Waals surface area contributed by atoms with Gasteiger partial charge in [-0.3, -0.25) is 9.59 Å². The highest BCUT2D eigenvalue weighted by atomic mass is 16.7. The predicted octanol–water partition coefficient (Wildman–Crippen LogP) is 3.69. The predicted molar refractivity (Wildman–Crippen MR) is 106 cm³/mol. The quantitative estimate of drug-likeness (QED) is 0.625. The van der Waals surface area contributed by atoms with Crippen molar-refractivity contribution in [2.45, 2.75) is 24.7 Å². The van der Waals surface area contributed by atoms with Gasteiger partial charge in [-0.15, -0.1) is 0 Å². The van der Waals surface area contributed by atoms with E-state index in [0.29, 0.717) is 22.9 Å². The van der Waals surface area contributed by atoms with Gasteiger partial charge in [0.15, 0.2) is 11.5 Å². The maximum atomic E-state index is 13.0. The van der Waals surface area contributed by atoms with Crippen LogP contribution < -0.4 is 14.8 Å². The van der Waals surface area contributed by atoms with Crippen molar-refractivity contribution in [1.29, 1.82) is 0 Å². The standard InChI is InChI=1S/C21H18N2O5.2H2/c24-19(25)10-15-8-12-7-14(2-3-16(12)22-15)23-20(26)21(5-6-21)13-1-4-17-18(9-13)28-11-27-17;;/h1-4,7-9,22H,5-6,10-11H2,(H,23,26)(H,24,25);2*1H. The molecule has 146 valence electrons. The number of anilines is 1. The number of rotatable bonds is 5. The van der Waals surface area contributed by atoms with Gasteiger partial charge in [-0.25, -0.2) is 0 Å². The van der Waals surface area contributed by atoms with Crippen molar-refractivity contribution in [2.75, 3.05) is 12.1 Å². The fourth-order valence-electron chi connectivity index (χ4n) is 3.75. The Labute approximate surface area is 163 Å². The van der Waals surface area contributed by atoms with Crippen molar-refractivity contribution in [3.05, 3.63) is 53.7 Å². The van der Waals surface area contributed by atoms with Gasteiger partial charge in [0.1, 0.15) is 0 Å². The van der Waals surface area contributed by atoms with Crippen molar-refractivity contribution in [2.24, 2.45) is 0 Å². The summed E-state index contributed by atoms with van der Waals surface area (Å²) in [5.74, 6) is 0.442. The Hall–Kier alpha value is -3.48. The van der Waals surface area contributed by atoms with E-state index in [-0.39, 0.29) is 22.0 Å². The summed E-state index contributed by atoms with van der Waals surface area (Å²) < 4.78 is 10.8. The van der Waals surface area contributed by atoms with E-state index >= 15 is 0 Å². The number of carboxylic acid groups (broad SMARTS) is 1. The molecule has 7 nitrogen and oxygen atoms in total. The molecule has 0 spiro atoms. The van der Waals surface area contributed by atoms with E-state index < -0.39 is 11.4 Å². The third kappa shape index (κ3) is 2.76. The molecule has 2 heterocycles. The Morgan fingerprint density at radius 3 is 2.71 bits per heavy atom. The molecule has 2 aromatic carbocycles. The molecule has 28 heavy (non-hydrogen) atoms. The van der Waals surface area contributed by atoms with Crippen LogP contribution in [-0.4, -0.2) is 28.8 Å². The summed E-state index contributed by atoms with van der Waals surface area (Å²) in [6.07, 6.45) is 1.50. The number of ether oxygens (including phenoxy) is 2. The third-order valence-corrected chi connectivity index (χ3v) is 5.39. The largest absolute Gasteiger partial charge is 0.481 e. The number of carbonyl (C=O) groups is 2. The van der Waals surface area contributed by atoms with Gasteiger partial charge in [0.05, 0.1) is 11.8 Å². The molecule has 3 aromatic rings. The summed E-state index contributed by atoms with van der Waals surface area (Å²) in [5.41, 5.74) is 2.55. The van der Waals surface area contributed by atoms with Gasteiger partial charge in [0.25, 0.3) is 0 Å². The number of carbonyl (C=O) groups excluding carboxylic acids is 1. The number of H-pyrrole nitrogens is 1. The number of benzene rings is 2.